The SMILES string of the molecule is CCC(C)CCc1[nH]c2ccccc2c1CC(=O)O. The first kappa shape index (κ1) is 13.7. The third-order valence-electron chi connectivity index (χ3n) is 3.81. The second-order valence-corrected chi connectivity index (χ2v) is 5.25. The summed E-state index contributed by atoms with van der Waals surface area (Å²) in [4.78, 5) is 14.4. The van der Waals surface area contributed by atoms with Crippen molar-refractivity contribution in [3.63, 3.8) is 0 Å². The lowest BCUT2D eigenvalue weighted by molar-refractivity contribution is -0.136. The van der Waals surface area contributed by atoms with Gasteiger partial charge in [0.15, 0.2) is 0 Å². The molecule has 3 nitrogen and oxygen atoms in total. The van der Waals surface area contributed by atoms with Crippen molar-refractivity contribution in [1.29, 1.82) is 0 Å². The van der Waals surface area contributed by atoms with Crippen LogP contribution in [-0.4, -0.2) is 16.1 Å². The molecule has 0 radical (unpaired) electrons. The highest BCUT2D eigenvalue weighted by molar-refractivity contribution is 5.88. The predicted octanol–water partition coefficient (Wildman–Crippen LogP) is 3.77. The zero-order chi connectivity index (χ0) is 13.8. The van der Waals surface area contributed by atoms with Gasteiger partial charge in [0.05, 0.1) is 6.42 Å². The first-order valence-electron chi connectivity index (χ1n) is 6.92. The van der Waals surface area contributed by atoms with Crippen LogP contribution in [0.4, 0.5) is 0 Å². The van der Waals surface area contributed by atoms with E-state index in [0.717, 1.165) is 41.4 Å². The van der Waals surface area contributed by atoms with Gasteiger partial charge in [-0.25, -0.2) is 0 Å². The number of carboxylic acid groups (broad SMARTS) is 1. The van der Waals surface area contributed by atoms with E-state index in [1.54, 1.807) is 0 Å². The molecule has 1 aromatic heterocycles. The molecule has 19 heavy (non-hydrogen) atoms. The molecule has 0 aliphatic rings. The van der Waals surface area contributed by atoms with E-state index in [1.807, 2.05) is 24.3 Å². The zero-order valence-electron chi connectivity index (χ0n) is 11.6. The van der Waals surface area contributed by atoms with Gasteiger partial charge in [0, 0.05) is 16.6 Å². The van der Waals surface area contributed by atoms with Crippen LogP contribution in [0.2, 0.25) is 0 Å². The lowest BCUT2D eigenvalue weighted by Gasteiger charge is -2.08. The van der Waals surface area contributed by atoms with Gasteiger partial charge >= 0.3 is 5.97 Å². The van der Waals surface area contributed by atoms with Crippen LogP contribution in [0.25, 0.3) is 10.9 Å². The van der Waals surface area contributed by atoms with Crippen LogP contribution < -0.4 is 0 Å². The summed E-state index contributed by atoms with van der Waals surface area (Å²) in [5, 5.41) is 10.1. The van der Waals surface area contributed by atoms with Gasteiger partial charge in [-0.15, -0.1) is 0 Å². The second kappa shape index (κ2) is 5.91. The number of aromatic amines is 1. The number of benzene rings is 1. The molecule has 1 heterocycles. The summed E-state index contributed by atoms with van der Waals surface area (Å²) in [6.07, 6.45) is 3.27. The number of nitrogens with one attached hydrogen (secondary N) is 1. The maximum Gasteiger partial charge on any atom is 0.307 e. The van der Waals surface area contributed by atoms with Crippen molar-refractivity contribution in [2.75, 3.05) is 0 Å². The summed E-state index contributed by atoms with van der Waals surface area (Å²) < 4.78 is 0. The molecule has 1 unspecified atom stereocenters. The van der Waals surface area contributed by atoms with Crippen LogP contribution >= 0.6 is 0 Å². The van der Waals surface area contributed by atoms with Gasteiger partial charge in [-0.2, -0.15) is 0 Å². The fourth-order valence-corrected chi connectivity index (χ4v) is 2.42. The number of carboxylic acids is 1. The standard InChI is InChI=1S/C16H21NO2/c1-3-11(2)8-9-15-13(10-16(18)19)12-6-4-5-7-14(12)17-15/h4-7,11,17H,3,8-10H2,1-2H3,(H,18,19). The third kappa shape index (κ3) is 3.16. The molecule has 0 bridgehead atoms. The number of para-hydroxylation sites is 1. The van der Waals surface area contributed by atoms with Crippen LogP contribution in [0, 0.1) is 5.92 Å². The van der Waals surface area contributed by atoms with Crippen LogP contribution in [0.5, 0.6) is 0 Å². The molecule has 0 aliphatic heterocycles. The average Bonchev–Trinajstić information content (AvgIpc) is 2.74. The lowest BCUT2D eigenvalue weighted by Crippen LogP contribution is -2.04. The summed E-state index contributed by atoms with van der Waals surface area (Å²) in [6, 6.07) is 7.94. The van der Waals surface area contributed by atoms with E-state index >= 15 is 0 Å². The molecule has 1 atom stereocenters. The molecule has 2 rings (SSSR count). The summed E-state index contributed by atoms with van der Waals surface area (Å²) >= 11 is 0. The number of hydrogen-bond acceptors (Lipinski definition) is 1. The van der Waals surface area contributed by atoms with Gasteiger partial charge in [-0.1, -0.05) is 38.5 Å². The van der Waals surface area contributed by atoms with E-state index in [4.69, 9.17) is 5.11 Å². The van der Waals surface area contributed by atoms with Gasteiger partial charge < -0.3 is 10.1 Å². The Balaban J connectivity index is 2.32. The number of H-pyrrole nitrogens is 1. The highest BCUT2D eigenvalue weighted by Gasteiger charge is 2.14. The Hall–Kier alpha value is -1.77. The molecule has 2 N–H and O–H groups in total. The van der Waals surface area contributed by atoms with Crippen molar-refractivity contribution in [2.24, 2.45) is 5.92 Å². The fourth-order valence-electron chi connectivity index (χ4n) is 2.42. The van der Waals surface area contributed by atoms with Crippen molar-refractivity contribution < 1.29 is 9.90 Å². The van der Waals surface area contributed by atoms with Gasteiger partial charge in [0.1, 0.15) is 0 Å². The first-order valence-corrected chi connectivity index (χ1v) is 6.92. The number of aromatic nitrogens is 1. The molecule has 3 heteroatoms. The molecule has 1 aromatic carbocycles. The molecular formula is C16H21NO2. The van der Waals surface area contributed by atoms with Crippen molar-refractivity contribution in [3.05, 3.63) is 35.5 Å². The Morgan fingerprint density at radius 1 is 1.37 bits per heavy atom. The topological polar surface area (TPSA) is 53.1 Å². The maximum absolute atomic E-state index is 11.0. The lowest BCUT2D eigenvalue weighted by atomic mass is 9.98. The summed E-state index contributed by atoms with van der Waals surface area (Å²) in [5.41, 5.74) is 3.08. The van der Waals surface area contributed by atoms with Crippen LogP contribution in [0.3, 0.4) is 0 Å². The zero-order valence-corrected chi connectivity index (χ0v) is 11.6. The Kier molecular flexibility index (Phi) is 4.25. The largest absolute Gasteiger partial charge is 0.481 e. The molecule has 0 saturated heterocycles. The molecule has 0 aliphatic carbocycles. The minimum atomic E-state index is -0.769. The van der Waals surface area contributed by atoms with E-state index in [-0.39, 0.29) is 6.42 Å². The van der Waals surface area contributed by atoms with Crippen molar-refractivity contribution in [1.82, 2.24) is 4.98 Å². The smallest absolute Gasteiger partial charge is 0.307 e. The number of hydrogen-bond donors (Lipinski definition) is 2. The van der Waals surface area contributed by atoms with E-state index < -0.39 is 5.97 Å². The maximum atomic E-state index is 11.0. The normalized spacial score (nSPS) is 12.7. The highest BCUT2D eigenvalue weighted by Crippen LogP contribution is 2.25. The average molecular weight is 259 g/mol. The molecule has 0 spiro atoms. The quantitative estimate of drug-likeness (QED) is 0.829. The number of rotatable bonds is 6. The summed E-state index contributed by atoms with van der Waals surface area (Å²) in [5.74, 6) is -0.0985. The number of aryl methyl sites for hydroxylation is 1. The highest BCUT2D eigenvalue weighted by atomic mass is 16.4. The van der Waals surface area contributed by atoms with Crippen LogP contribution in [0.15, 0.2) is 24.3 Å². The monoisotopic (exact) mass is 259 g/mol. The van der Waals surface area contributed by atoms with E-state index in [1.165, 1.54) is 0 Å². The molecule has 102 valence electrons. The Bertz CT molecular complexity index is 571. The van der Waals surface area contributed by atoms with Gasteiger partial charge in [-0.3, -0.25) is 4.79 Å². The molecule has 0 amide bonds. The second-order valence-electron chi connectivity index (χ2n) is 5.25. The minimum Gasteiger partial charge on any atom is -0.481 e. The number of carbonyl (C=O) groups is 1. The number of aliphatic carboxylic acids is 1. The van der Waals surface area contributed by atoms with Crippen molar-refractivity contribution >= 4 is 16.9 Å². The Morgan fingerprint density at radius 3 is 2.79 bits per heavy atom. The predicted molar refractivity (Wildman–Crippen MR) is 77.4 cm³/mol. The van der Waals surface area contributed by atoms with Crippen LogP contribution in [-0.2, 0) is 17.6 Å². The first-order chi connectivity index (χ1) is 9.11. The summed E-state index contributed by atoms with van der Waals surface area (Å²) in [7, 11) is 0. The Labute approximate surface area is 113 Å². The van der Waals surface area contributed by atoms with E-state index in [2.05, 4.69) is 18.8 Å². The van der Waals surface area contributed by atoms with Crippen LogP contribution in [0.1, 0.15) is 37.9 Å². The van der Waals surface area contributed by atoms with Crippen molar-refractivity contribution in [3.8, 4) is 0 Å². The fraction of sp³-hybridized carbons (Fsp3) is 0.438. The molecule has 0 saturated carbocycles. The van der Waals surface area contributed by atoms with Crippen molar-refractivity contribution in [2.45, 2.75) is 39.5 Å². The van der Waals surface area contributed by atoms with Gasteiger partial charge in [-0.05, 0) is 30.4 Å². The summed E-state index contributed by atoms with van der Waals surface area (Å²) in [6.45, 7) is 4.42. The Morgan fingerprint density at radius 2 is 2.11 bits per heavy atom. The van der Waals surface area contributed by atoms with E-state index in [0.29, 0.717) is 5.92 Å². The molecule has 2 aromatic rings. The number of fused-ring (bicyclic) bond motifs is 1. The van der Waals surface area contributed by atoms with E-state index in [9.17, 15) is 4.79 Å². The third-order valence-corrected chi connectivity index (χ3v) is 3.81. The molecular weight excluding hydrogens is 238 g/mol. The molecule has 0 fully saturated rings. The van der Waals surface area contributed by atoms with Gasteiger partial charge in [0.25, 0.3) is 0 Å². The van der Waals surface area contributed by atoms with Gasteiger partial charge in [0.2, 0.25) is 0 Å². The minimum absolute atomic E-state index is 0.0971.